The largest absolute Gasteiger partial charge is 0.486 e. The molecule has 0 aliphatic carbocycles. The number of nitrogens with zero attached hydrogens (tertiary/aromatic N) is 1. The van der Waals surface area contributed by atoms with E-state index in [-0.39, 0.29) is 11.9 Å². The smallest absolute Gasteiger partial charge is 0.233 e. The molecule has 2 aromatic rings. The Hall–Kier alpha value is -1.66. The Balaban J connectivity index is 1.39. The van der Waals surface area contributed by atoms with E-state index in [1.807, 2.05) is 23.1 Å². The van der Waals surface area contributed by atoms with Gasteiger partial charge in [0, 0.05) is 16.3 Å². The van der Waals surface area contributed by atoms with Crippen LogP contribution in [-0.4, -0.2) is 36.3 Å². The average Bonchev–Trinajstić information content (AvgIpc) is 3.30. The van der Waals surface area contributed by atoms with Crippen LogP contribution in [0.25, 0.3) is 0 Å². The van der Waals surface area contributed by atoms with Crippen LogP contribution in [0.1, 0.15) is 23.8 Å². The molecular weight excluding hydrogens is 342 g/mol. The van der Waals surface area contributed by atoms with Gasteiger partial charge in [-0.1, -0.05) is 6.07 Å². The third kappa shape index (κ3) is 3.26. The zero-order valence-electron chi connectivity index (χ0n) is 13.3. The molecule has 24 heavy (non-hydrogen) atoms. The van der Waals surface area contributed by atoms with Crippen LogP contribution in [0.15, 0.2) is 40.6 Å². The lowest BCUT2D eigenvalue weighted by Gasteiger charge is -2.24. The fourth-order valence-electron chi connectivity index (χ4n) is 3.18. The first-order valence-corrected chi connectivity index (χ1v) is 10.0. The van der Waals surface area contributed by atoms with Gasteiger partial charge in [0.2, 0.25) is 5.91 Å². The van der Waals surface area contributed by atoms with Crippen LogP contribution in [0, 0.1) is 0 Å². The number of rotatable bonds is 4. The third-order valence-corrected chi connectivity index (χ3v) is 6.27. The van der Waals surface area contributed by atoms with Gasteiger partial charge in [-0.25, -0.2) is 0 Å². The summed E-state index contributed by atoms with van der Waals surface area (Å²) in [5.74, 6) is 2.23. The van der Waals surface area contributed by atoms with Gasteiger partial charge in [-0.15, -0.1) is 23.1 Å². The summed E-state index contributed by atoms with van der Waals surface area (Å²) in [7, 11) is 0. The molecule has 1 aromatic heterocycles. The molecule has 4 nitrogen and oxygen atoms in total. The first-order chi connectivity index (χ1) is 11.8. The quantitative estimate of drug-likeness (QED) is 0.772. The number of thioether (sulfide) groups is 1. The number of likely N-dealkylation sites (tertiary alicyclic amines) is 1. The van der Waals surface area contributed by atoms with Gasteiger partial charge in [-0.2, -0.15) is 0 Å². The van der Waals surface area contributed by atoms with Crippen molar-refractivity contribution in [1.29, 1.82) is 0 Å². The Bertz CT molecular complexity index is 717. The van der Waals surface area contributed by atoms with Gasteiger partial charge in [-0.05, 0) is 42.5 Å². The SMILES string of the molecule is O=C(CSc1ccc2c(c1)OCCO2)N1CCC[C@@H]1c1cccs1. The molecule has 0 saturated carbocycles. The standard InChI is InChI=1S/C18H19NO3S2/c20-18(19-7-1-3-14(19)17-4-2-10-23-17)12-24-13-5-6-15-16(11-13)22-9-8-21-15/h2,4-6,10-11,14H,1,3,7-9,12H2/t14-/m1/s1. The van der Waals surface area contributed by atoms with Crippen molar-refractivity contribution in [1.82, 2.24) is 4.90 Å². The molecule has 1 saturated heterocycles. The van der Waals surface area contributed by atoms with Gasteiger partial charge in [0.1, 0.15) is 13.2 Å². The second kappa shape index (κ2) is 7.07. The number of hydrogen-bond donors (Lipinski definition) is 0. The van der Waals surface area contributed by atoms with E-state index in [0.29, 0.717) is 19.0 Å². The lowest BCUT2D eigenvalue weighted by atomic mass is 10.2. The molecule has 0 radical (unpaired) electrons. The molecule has 0 unspecified atom stereocenters. The van der Waals surface area contributed by atoms with E-state index >= 15 is 0 Å². The Morgan fingerprint density at radius 3 is 2.96 bits per heavy atom. The topological polar surface area (TPSA) is 38.8 Å². The highest BCUT2D eigenvalue weighted by Gasteiger charge is 2.30. The lowest BCUT2D eigenvalue weighted by Crippen LogP contribution is -2.31. The lowest BCUT2D eigenvalue weighted by molar-refractivity contribution is -0.129. The average molecular weight is 361 g/mol. The van der Waals surface area contributed by atoms with Crippen molar-refractivity contribution in [3.63, 3.8) is 0 Å². The molecule has 2 aliphatic heterocycles. The maximum atomic E-state index is 12.7. The van der Waals surface area contributed by atoms with Gasteiger partial charge in [0.15, 0.2) is 11.5 Å². The molecule has 126 valence electrons. The normalized spacial score (nSPS) is 19.5. The van der Waals surface area contributed by atoms with E-state index in [1.165, 1.54) is 4.88 Å². The fraction of sp³-hybridized carbons (Fsp3) is 0.389. The minimum absolute atomic E-state index is 0.214. The highest BCUT2D eigenvalue weighted by atomic mass is 32.2. The van der Waals surface area contributed by atoms with Gasteiger partial charge < -0.3 is 14.4 Å². The first kappa shape index (κ1) is 15.8. The number of ether oxygens (including phenoxy) is 2. The summed E-state index contributed by atoms with van der Waals surface area (Å²) in [4.78, 5) is 17.0. The van der Waals surface area contributed by atoms with Crippen molar-refractivity contribution < 1.29 is 14.3 Å². The van der Waals surface area contributed by atoms with E-state index in [9.17, 15) is 4.79 Å². The third-order valence-electron chi connectivity index (χ3n) is 4.32. The van der Waals surface area contributed by atoms with E-state index < -0.39 is 0 Å². The summed E-state index contributed by atoms with van der Waals surface area (Å²) in [5, 5.41) is 2.08. The van der Waals surface area contributed by atoms with Crippen molar-refractivity contribution in [3.05, 3.63) is 40.6 Å². The molecule has 0 bridgehead atoms. The molecule has 0 spiro atoms. The minimum atomic E-state index is 0.214. The van der Waals surface area contributed by atoms with Crippen LogP contribution in [0.4, 0.5) is 0 Å². The van der Waals surface area contributed by atoms with Crippen LogP contribution in [0.5, 0.6) is 11.5 Å². The second-order valence-electron chi connectivity index (χ2n) is 5.85. The molecule has 3 heterocycles. The first-order valence-electron chi connectivity index (χ1n) is 8.16. The zero-order chi connectivity index (χ0) is 16.4. The van der Waals surface area contributed by atoms with E-state index in [2.05, 4.69) is 17.5 Å². The van der Waals surface area contributed by atoms with E-state index in [4.69, 9.17) is 9.47 Å². The summed E-state index contributed by atoms with van der Waals surface area (Å²) in [6.07, 6.45) is 2.16. The van der Waals surface area contributed by atoms with Crippen LogP contribution in [-0.2, 0) is 4.79 Å². The van der Waals surface area contributed by atoms with Crippen LogP contribution >= 0.6 is 23.1 Å². The number of thiophene rings is 1. The number of amides is 1. The Labute approximate surface area is 149 Å². The van der Waals surface area contributed by atoms with Gasteiger partial charge in [0.05, 0.1) is 11.8 Å². The second-order valence-corrected chi connectivity index (χ2v) is 7.88. The van der Waals surface area contributed by atoms with E-state index in [1.54, 1.807) is 23.1 Å². The van der Waals surface area contributed by atoms with Crippen molar-refractivity contribution in [2.24, 2.45) is 0 Å². The molecule has 2 aliphatic rings. The number of hydrogen-bond acceptors (Lipinski definition) is 5. The number of carbonyl (C=O) groups excluding carboxylic acids is 1. The summed E-state index contributed by atoms with van der Waals surface area (Å²) in [5.41, 5.74) is 0. The molecule has 1 amide bonds. The van der Waals surface area contributed by atoms with Crippen LogP contribution < -0.4 is 9.47 Å². The number of benzene rings is 1. The fourth-order valence-corrected chi connectivity index (χ4v) is 4.87. The van der Waals surface area contributed by atoms with Crippen LogP contribution in [0.3, 0.4) is 0 Å². The van der Waals surface area contributed by atoms with E-state index in [0.717, 1.165) is 35.8 Å². The molecular formula is C18H19NO3S2. The summed E-state index contributed by atoms with van der Waals surface area (Å²) >= 11 is 3.30. The molecule has 1 aromatic carbocycles. The molecule has 1 atom stereocenters. The highest BCUT2D eigenvalue weighted by molar-refractivity contribution is 8.00. The van der Waals surface area contributed by atoms with Gasteiger partial charge >= 0.3 is 0 Å². The molecule has 6 heteroatoms. The van der Waals surface area contributed by atoms with Crippen molar-refractivity contribution in [2.75, 3.05) is 25.5 Å². The zero-order valence-corrected chi connectivity index (χ0v) is 14.9. The van der Waals surface area contributed by atoms with Gasteiger partial charge in [-0.3, -0.25) is 4.79 Å². The van der Waals surface area contributed by atoms with Crippen molar-refractivity contribution >= 4 is 29.0 Å². The number of fused-ring (bicyclic) bond motifs is 1. The predicted octanol–water partition coefficient (Wildman–Crippen LogP) is 3.98. The predicted molar refractivity (Wildman–Crippen MR) is 96.2 cm³/mol. The summed E-state index contributed by atoms with van der Waals surface area (Å²) < 4.78 is 11.1. The minimum Gasteiger partial charge on any atom is -0.486 e. The Kier molecular flexibility index (Phi) is 4.67. The van der Waals surface area contributed by atoms with Crippen LogP contribution in [0.2, 0.25) is 0 Å². The molecule has 0 N–H and O–H groups in total. The Morgan fingerprint density at radius 1 is 1.25 bits per heavy atom. The van der Waals surface area contributed by atoms with Crippen molar-refractivity contribution in [2.45, 2.75) is 23.8 Å². The summed E-state index contributed by atoms with van der Waals surface area (Å²) in [6.45, 7) is 2.04. The highest BCUT2D eigenvalue weighted by Crippen LogP contribution is 2.37. The maximum absolute atomic E-state index is 12.7. The summed E-state index contributed by atoms with van der Waals surface area (Å²) in [6, 6.07) is 10.3. The van der Waals surface area contributed by atoms with Crippen molar-refractivity contribution in [3.8, 4) is 11.5 Å². The monoisotopic (exact) mass is 361 g/mol. The molecule has 1 fully saturated rings. The van der Waals surface area contributed by atoms with Gasteiger partial charge in [0.25, 0.3) is 0 Å². The molecule has 4 rings (SSSR count). The number of carbonyl (C=O) groups is 1. The Morgan fingerprint density at radius 2 is 2.12 bits per heavy atom. The maximum Gasteiger partial charge on any atom is 0.233 e.